The van der Waals surface area contributed by atoms with Crippen LogP contribution in [0.4, 0.5) is 5.69 Å². The molecule has 2 rings (SSSR count). The van der Waals surface area contributed by atoms with Crippen molar-refractivity contribution in [3.63, 3.8) is 0 Å². The summed E-state index contributed by atoms with van der Waals surface area (Å²) in [6.07, 6.45) is 2.50. The van der Waals surface area contributed by atoms with Crippen molar-refractivity contribution in [2.45, 2.75) is 43.2 Å². The Kier molecular flexibility index (Phi) is 4.60. The molecule has 8 heteroatoms. The molecule has 1 aromatic carbocycles. The smallest absolute Gasteiger partial charge is 0.269 e. The molecular formula is C13H19N3O4S. The van der Waals surface area contributed by atoms with Crippen LogP contribution in [0.3, 0.4) is 0 Å². The molecular weight excluding hydrogens is 294 g/mol. The summed E-state index contributed by atoms with van der Waals surface area (Å²) >= 11 is 0. The molecule has 1 saturated heterocycles. The molecule has 0 amide bonds. The first-order chi connectivity index (χ1) is 9.84. The van der Waals surface area contributed by atoms with Crippen molar-refractivity contribution < 1.29 is 13.3 Å². The number of rotatable bonds is 4. The van der Waals surface area contributed by atoms with Gasteiger partial charge in [-0.15, -0.1) is 0 Å². The Hall–Kier alpha value is -1.51. The van der Waals surface area contributed by atoms with E-state index in [1.807, 2.05) is 0 Å². The van der Waals surface area contributed by atoms with Gasteiger partial charge in [0.05, 0.1) is 9.82 Å². The maximum Gasteiger partial charge on any atom is 0.269 e. The van der Waals surface area contributed by atoms with Crippen molar-refractivity contribution in [2.24, 2.45) is 5.73 Å². The van der Waals surface area contributed by atoms with Gasteiger partial charge in [0.2, 0.25) is 10.0 Å². The van der Waals surface area contributed by atoms with Gasteiger partial charge in [0.25, 0.3) is 5.69 Å². The van der Waals surface area contributed by atoms with E-state index in [1.165, 1.54) is 28.6 Å². The number of hydrogen-bond donors (Lipinski definition) is 1. The number of piperidine rings is 1. The van der Waals surface area contributed by atoms with Crippen LogP contribution in [0.15, 0.2) is 29.2 Å². The first-order valence-electron chi connectivity index (χ1n) is 6.86. The minimum absolute atomic E-state index is 0.0700. The monoisotopic (exact) mass is 313 g/mol. The number of benzene rings is 1. The SMILES string of the molecule is C[C@@H](N)[C@H]1CCCCN1S(=O)(=O)c1ccc([N+](=O)[O-])cc1. The molecule has 2 N–H and O–H groups in total. The molecule has 0 saturated carbocycles. The largest absolute Gasteiger partial charge is 0.326 e. The van der Waals surface area contributed by atoms with Crippen LogP contribution in [0.25, 0.3) is 0 Å². The lowest BCUT2D eigenvalue weighted by molar-refractivity contribution is -0.384. The van der Waals surface area contributed by atoms with Crippen LogP contribution >= 0.6 is 0 Å². The molecule has 0 spiro atoms. The molecule has 1 aliphatic heterocycles. The Balaban J connectivity index is 2.33. The molecule has 2 atom stereocenters. The summed E-state index contributed by atoms with van der Waals surface area (Å²) in [6, 6.07) is 4.49. The summed E-state index contributed by atoms with van der Waals surface area (Å²) in [5, 5.41) is 10.6. The maximum atomic E-state index is 12.7. The predicted molar refractivity (Wildman–Crippen MR) is 78.3 cm³/mol. The third-order valence-corrected chi connectivity index (χ3v) is 5.70. The summed E-state index contributed by atoms with van der Waals surface area (Å²) in [4.78, 5) is 10.2. The number of nitro groups is 1. The van der Waals surface area contributed by atoms with Gasteiger partial charge in [-0.05, 0) is 31.9 Å². The topological polar surface area (TPSA) is 107 Å². The van der Waals surface area contributed by atoms with Gasteiger partial charge >= 0.3 is 0 Å². The molecule has 0 radical (unpaired) electrons. The lowest BCUT2D eigenvalue weighted by atomic mass is 10.00. The Bertz CT molecular complexity index is 613. The van der Waals surface area contributed by atoms with Crippen molar-refractivity contribution in [1.82, 2.24) is 4.31 Å². The molecule has 1 aliphatic rings. The highest BCUT2D eigenvalue weighted by Crippen LogP contribution is 2.27. The van der Waals surface area contributed by atoms with Gasteiger partial charge in [0.1, 0.15) is 0 Å². The van der Waals surface area contributed by atoms with Crippen LogP contribution in [0, 0.1) is 10.1 Å². The molecule has 7 nitrogen and oxygen atoms in total. The van der Waals surface area contributed by atoms with E-state index >= 15 is 0 Å². The Labute approximate surface area is 123 Å². The van der Waals surface area contributed by atoms with Crippen LogP contribution < -0.4 is 5.73 Å². The Morgan fingerprint density at radius 2 is 1.95 bits per heavy atom. The molecule has 1 aromatic rings. The van der Waals surface area contributed by atoms with Crippen LogP contribution in [0.5, 0.6) is 0 Å². The zero-order valence-corrected chi connectivity index (χ0v) is 12.6. The van der Waals surface area contributed by atoms with Gasteiger partial charge in [0, 0.05) is 30.8 Å². The van der Waals surface area contributed by atoms with Crippen LogP contribution in [-0.2, 0) is 10.0 Å². The van der Waals surface area contributed by atoms with E-state index in [0.29, 0.717) is 6.54 Å². The predicted octanol–water partition coefficient (Wildman–Crippen LogP) is 1.49. The van der Waals surface area contributed by atoms with E-state index in [2.05, 4.69) is 0 Å². The summed E-state index contributed by atoms with van der Waals surface area (Å²) in [6.45, 7) is 2.24. The Morgan fingerprint density at radius 1 is 1.33 bits per heavy atom. The number of non-ortho nitro benzene ring substituents is 1. The number of sulfonamides is 1. The molecule has 0 unspecified atom stereocenters. The third kappa shape index (κ3) is 3.22. The van der Waals surface area contributed by atoms with E-state index in [9.17, 15) is 18.5 Å². The van der Waals surface area contributed by atoms with E-state index in [-0.39, 0.29) is 22.7 Å². The molecule has 0 aliphatic carbocycles. The van der Waals surface area contributed by atoms with Crippen molar-refractivity contribution in [3.8, 4) is 0 Å². The van der Waals surface area contributed by atoms with E-state index in [1.54, 1.807) is 6.92 Å². The molecule has 1 heterocycles. The first-order valence-corrected chi connectivity index (χ1v) is 8.30. The highest BCUT2D eigenvalue weighted by Gasteiger charge is 2.35. The number of hydrogen-bond acceptors (Lipinski definition) is 5. The number of nitrogens with two attached hydrogens (primary N) is 1. The average Bonchev–Trinajstić information content (AvgIpc) is 2.47. The lowest BCUT2D eigenvalue weighted by Crippen LogP contribution is -2.51. The highest BCUT2D eigenvalue weighted by atomic mass is 32.2. The average molecular weight is 313 g/mol. The van der Waals surface area contributed by atoms with Crippen molar-refractivity contribution in [2.75, 3.05) is 6.54 Å². The highest BCUT2D eigenvalue weighted by molar-refractivity contribution is 7.89. The molecule has 21 heavy (non-hydrogen) atoms. The Morgan fingerprint density at radius 3 is 2.48 bits per heavy atom. The fraction of sp³-hybridized carbons (Fsp3) is 0.538. The number of nitro benzene ring substituents is 1. The second-order valence-electron chi connectivity index (χ2n) is 5.29. The molecule has 1 fully saturated rings. The van der Waals surface area contributed by atoms with E-state index < -0.39 is 14.9 Å². The number of nitrogens with zero attached hydrogens (tertiary/aromatic N) is 2. The molecule has 0 bridgehead atoms. The van der Waals surface area contributed by atoms with Gasteiger partial charge in [-0.25, -0.2) is 8.42 Å². The second kappa shape index (κ2) is 6.08. The minimum atomic E-state index is -3.67. The zero-order valence-electron chi connectivity index (χ0n) is 11.8. The minimum Gasteiger partial charge on any atom is -0.326 e. The fourth-order valence-electron chi connectivity index (χ4n) is 2.63. The van der Waals surface area contributed by atoms with Gasteiger partial charge in [-0.1, -0.05) is 6.42 Å². The normalized spacial score (nSPS) is 21.9. The van der Waals surface area contributed by atoms with E-state index in [4.69, 9.17) is 5.73 Å². The van der Waals surface area contributed by atoms with Crippen LogP contribution in [0.1, 0.15) is 26.2 Å². The standard InChI is InChI=1S/C13H19N3O4S/c1-10(14)13-4-2-3-9-15(13)21(19,20)12-7-5-11(6-8-12)16(17)18/h5-8,10,13H,2-4,9,14H2,1H3/t10-,13-/m1/s1. The quantitative estimate of drug-likeness (QED) is 0.669. The maximum absolute atomic E-state index is 12.7. The van der Waals surface area contributed by atoms with Crippen molar-refractivity contribution >= 4 is 15.7 Å². The van der Waals surface area contributed by atoms with Gasteiger partial charge in [-0.2, -0.15) is 4.31 Å². The zero-order chi connectivity index (χ0) is 15.6. The summed E-state index contributed by atoms with van der Waals surface area (Å²) in [5.74, 6) is 0. The summed E-state index contributed by atoms with van der Waals surface area (Å²) in [7, 11) is -3.67. The van der Waals surface area contributed by atoms with Crippen molar-refractivity contribution in [1.29, 1.82) is 0 Å². The van der Waals surface area contributed by atoms with Crippen molar-refractivity contribution in [3.05, 3.63) is 34.4 Å². The third-order valence-electron chi connectivity index (χ3n) is 3.76. The fourth-order valence-corrected chi connectivity index (χ4v) is 4.40. The van der Waals surface area contributed by atoms with Crippen LogP contribution in [-0.4, -0.2) is 36.3 Å². The summed E-state index contributed by atoms with van der Waals surface area (Å²) < 4.78 is 26.8. The lowest BCUT2D eigenvalue weighted by Gasteiger charge is -2.36. The van der Waals surface area contributed by atoms with Crippen LogP contribution in [0.2, 0.25) is 0 Å². The first kappa shape index (κ1) is 15.9. The molecule has 116 valence electrons. The molecule has 0 aromatic heterocycles. The van der Waals surface area contributed by atoms with Gasteiger partial charge in [-0.3, -0.25) is 10.1 Å². The summed E-state index contributed by atoms with van der Waals surface area (Å²) in [5.41, 5.74) is 5.77. The second-order valence-corrected chi connectivity index (χ2v) is 7.18. The van der Waals surface area contributed by atoms with Gasteiger partial charge in [0.15, 0.2) is 0 Å². The van der Waals surface area contributed by atoms with Gasteiger partial charge < -0.3 is 5.73 Å². The van der Waals surface area contributed by atoms with E-state index in [0.717, 1.165) is 19.3 Å².